The lowest BCUT2D eigenvalue weighted by Crippen LogP contribution is -2.43. The normalized spacial score (nSPS) is 13.3. The van der Waals surface area contributed by atoms with Gasteiger partial charge in [0.2, 0.25) is 0 Å². The molecule has 0 bridgehead atoms. The molecule has 2 aromatic carbocycles. The van der Waals surface area contributed by atoms with Gasteiger partial charge in [-0.2, -0.15) is 5.10 Å². The third kappa shape index (κ3) is 5.90. The number of benzene rings is 2. The number of aryl methyl sites for hydroxylation is 2. The van der Waals surface area contributed by atoms with Crippen LogP contribution in [0.25, 0.3) is 5.52 Å². The zero-order chi connectivity index (χ0) is 28.1. The summed E-state index contributed by atoms with van der Waals surface area (Å²) in [6.07, 6.45) is 3.13. The molecule has 40 heavy (non-hydrogen) atoms. The van der Waals surface area contributed by atoms with Crippen molar-refractivity contribution in [3.05, 3.63) is 77.2 Å². The number of nitrogens with one attached hydrogen (secondary N) is 4. The molecule has 1 aliphatic heterocycles. The Balaban J connectivity index is 1.35. The minimum atomic E-state index is -0.201. The monoisotopic (exact) mass is 542 g/mol. The average molecular weight is 543 g/mol. The van der Waals surface area contributed by atoms with Crippen LogP contribution in [0.5, 0.6) is 0 Å². The Hall–Kier alpha value is -4.48. The van der Waals surface area contributed by atoms with Gasteiger partial charge in [-0.15, -0.1) is 0 Å². The van der Waals surface area contributed by atoms with Crippen LogP contribution in [0.3, 0.4) is 0 Å². The highest BCUT2D eigenvalue weighted by atomic mass is 16.5. The number of carbonyl (C=O) groups is 2. The van der Waals surface area contributed by atoms with Gasteiger partial charge in [0, 0.05) is 68.7 Å². The van der Waals surface area contributed by atoms with Crippen LogP contribution in [-0.2, 0) is 4.74 Å². The topological polar surface area (TPSA) is 125 Å². The van der Waals surface area contributed by atoms with Crippen molar-refractivity contribution in [3.63, 3.8) is 0 Å². The molecule has 11 heteroatoms. The van der Waals surface area contributed by atoms with E-state index in [-0.39, 0.29) is 11.8 Å². The smallest absolute Gasteiger partial charge is 0.255 e. The van der Waals surface area contributed by atoms with Crippen LogP contribution in [-0.4, -0.2) is 72.9 Å². The highest BCUT2D eigenvalue weighted by molar-refractivity contribution is 6.05. The number of hydrogen-bond acceptors (Lipinski definition) is 8. The van der Waals surface area contributed by atoms with E-state index in [0.717, 1.165) is 48.7 Å². The summed E-state index contributed by atoms with van der Waals surface area (Å²) < 4.78 is 6.66. The molecule has 0 saturated carbocycles. The number of fused-ring (bicyclic) bond motifs is 1. The second kappa shape index (κ2) is 12.1. The van der Waals surface area contributed by atoms with E-state index in [1.807, 2.05) is 56.3 Å². The zero-order valence-electron chi connectivity index (χ0n) is 23.0. The maximum absolute atomic E-state index is 13.2. The lowest BCUT2D eigenvalue weighted by atomic mass is 10.1. The van der Waals surface area contributed by atoms with E-state index in [1.54, 1.807) is 17.8 Å². The van der Waals surface area contributed by atoms with Crippen LogP contribution < -0.4 is 26.2 Å². The van der Waals surface area contributed by atoms with Crippen molar-refractivity contribution in [2.75, 3.05) is 62.0 Å². The first kappa shape index (κ1) is 27.1. The molecule has 1 saturated heterocycles. The number of ether oxygens (including phenoxy) is 1. The second-order valence-corrected chi connectivity index (χ2v) is 9.71. The number of methoxy groups -OCH3 is 1. The Labute approximate surface area is 232 Å². The number of rotatable bonds is 9. The largest absolute Gasteiger partial charge is 0.383 e. The van der Waals surface area contributed by atoms with Crippen molar-refractivity contribution in [3.8, 4) is 0 Å². The van der Waals surface area contributed by atoms with Gasteiger partial charge in [0.1, 0.15) is 11.8 Å². The van der Waals surface area contributed by atoms with E-state index in [4.69, 9.17) is 4.74 Å². The Kier molecular flexibility index (Phi) is 8.23. The fourth-order valence-corrected chi connectivity index (χ4v) is 4.77. The summed E-state index contributed by atoms with van der Waals surface area (Å²) in [4.78, 5) is 32.6. The van der Waals surface area contributed by atoms with Crippen molar-refractivity contribution in [1.82, 2.24) is 25.2 Å². The fourth-order valence-electron chi connectivity index (χ4n) is 4.77. The summed E-state index contributed by atoms with van der Waals surface area (Å²) in [5, 5.41) is 16.9. The molecule has 208 valence electrons. The maximum Gasteiger partial charge on any atom is 0.255 e. The molecule has 3 heterocycles. The van der Waals surface area contributed by atoms with Crippen LogP contribution in [0.2, 0.25) is 0 Å². The van der Waals surface area contributed by atoms with Gasteiger partial charge in [0.25, 0.3) is 11.8 Å². The summed E-state index contributed by atoms with van der Waals surface area (Å²) in [5.41, 5.74) is 6.01. The predicted molar refractivity (Wildman–Crippen MR) is 156 cm³/mol. The molecule has 1 fully saturated rings. The van der Waals surface area contributed by atoms with E-state index in [2.05, 4.69) is 36.2 Å². The van der Waals surface area contributed by atoms with Gasteiger partial charge in [-0.25, -0.2) is 9.50 Å². The minimum absolute atomic E-state index is 0.178. The minimum Gasteiger partial charge on any atom is -0.383 e. The average Bonchev–Trinajstić information content (AvgIpc) is 3.32. The number of piperazine rings is 1. The van der Waals surface area contributed by atoms with Crippen molar-refractivity contribution in [2.24, 2.45) is 0 Å². The first-order chi connectivity index (χ1) is 19.4. The SMILES string of the molecule is COCCNC(=O)c1cn2ncnc(Nc3cc(NC(=O)c4cccc(N5CCNCC5)c4)ccc3C)c2c1C. The summed E-state index contributed by atoms with van der Waals surface area (Å²) in [6, 6.07) is 13.4. The quantitative estimate of drug-likeness (QED) is 0.238. The first-order valence-corrected chi connectivity index (χ1v) is 13.3. The zero-order valence-corrected chi connectivity index (χ0v) is 23.0. The molecule has 1 aliphatic rings. The molecule has 5 rings (SSSR count). The number of anilines is 4. The molecule has 4 aromatic rings. The van der Waals surface area contributed by atoms with E-state index in [1.165, 1.54) is 6.33 Å². The summed E-state index contributed by atoms with van der Waals surface area (Å²) in [6.45, 7) is 8.37. The highest BCUT2D eigenvalue weighted by Gasteiger charge is 2.19. The van der Waals surface area contributed by atoms with Gasteiger partial charge in [0.15, 0.2) is 5.82 Å². The second-order valence-electron chi connectivity index (χ2n) is 9.71. The van der Waals surface area contributed by atoms with Crippen LogP contribution in [0.1, 0.15) is 31.8 Å². The highest BCUT2D eigenvalue weighted by Crippen LogP contribution is 2.29. The Morgan fingerprint density at radius 3 is 2.70 bits per heavy atom. The van der Waals surface area contributed by atoms with Crippen molar-refractivity contribution in [1.29, 1.82) is 0 Å². The van der Waals surface area contributed by atoms with Gasteiger partial charge >= 0.3 is 0 Å². The lowest BCUT2D eigenvalue weighted by molar-refractivity contribution is 0.0936. The Morgan fingerprint density at radius 2 is 1.90 bits per heavy atom. The molecular formula is C29H34N8O3. The van der Waals surface area contributed by atoms with Gasteiger partial charge in [0.05, 0.1) is 12.2 Å². The molecule has 0 aliphatic carbocycles. The predicted octanol–water partition coefficient (Wildman–Crippen LogP) is 3.13. The van der Waals surface area contributed by atoms with Crippen molar-refractivity contribution >= 4 is 40.2 Å². The Morgan fingerprint density at radius 1 is 1.07 bits per heavy atom. The molecule has 11 nitrogen and oxygen atoms in total. The first-order valence-electron chi connectivity index (χ1n) is 13.3. The number of amides is 2. The van der Waals surface area contributed by atoms with E-state index < -0.39 is 0 Å². The standard InChI is InChI=1S/C29H34N8O3/c1-19-7-8-22(34-28(38)21-5-4-6-23(15-21)36-12-9-30-10-13-36)16-25(19)35-27-26-20(2)24(17-37(26)33-18-32-27)29(39)31-11-14-40-3/h4-8,15-18,30H,9-14H2,1-3H3,(H,31,39)(H,34,38)(H,32,33,35). The molecule has 0 unspecified atom stereocenters. The van der Waals surface area contributed by atoms with Crippen LogP contribution in [0, 0.1) is 13.8 Å². The van der Waals surface area contributed by atoms with Gasteiger partial charge < -0.3 is 30.9 Å². The molecule has 0 atom stereocenters. The van der Waals surface area contributed by atoms with Crippen LogP contribution in [0.4, 0.5) is 22.9 Å². The van der Waals surface area contributed by atoms with Crippen LogP contribution >= 0.6 is 0 Å². The van der Waals surface area contributed by atoms with E-state index >= 15 is 0 Å². The third-order valence-corrected chi connectivity index (χ3v) is 7.00. The van der Waals surface area contributed by atoms with Crippen LogP contribution in [0.15, 0.2) is 55.0 Å². The number of aromatic nitrogens is 3. The summed E-state index contributed by atoms with van der Waals surface area (Å²) in [7, 11) is 1.59. The van der Waals surface area contributed by atoms with Gasteiger partial charge in [-0.1, -0.05) is 12.1 Å². The Bertz CT molecular complexity index is 1530. The van der Waals surface area contributed by atoms with Gasteiger partial charge in [-0.3, -0.25) is 9.59 Å². The number of hydrogen-bond donors (Lipinski definition) is 4. The van der Waals surface area contributed by atoms with Crippen molar-refractivity contribution < 1.29 is 14.3 Å². The molecule has 2 aromatic heterocycles. The number of nitrogens with zero attached hydrogens (tertiary/aromatic N) is 4. The molecule has 0 radical (unpaired) electrons. The molecule has 4 N–H and O–H groups in total. The summed E-state index contributed by atoms with van der Waals surface area (Å²) >= 11 is 0. The van der Waals surface area contributed by atoms with E-state index in [0.29, 0.717) is 41.3 Å². The van der Waals surface area contributed by atoms with Gasteiger partial charge in [-0.05, 0) is 55.3 Å². The molecular weight excluding hydrogens is 508 g/mol. The van der Waals surface area contributed by atoms with E-state index in [9.17, 15) is 9.59 Å². The third-order valence-electron chi connectivity index (χ3n) is 7.00. The number of carbonyl (C=O) groups excluding carboxylic acids is 2. The van der Waals surface area contributed by atoms with Crippen molar-refractivity contribution in [2.45, 2.75) is 13.8 Å². The fraction of sp³-hybridized carbons (Fsp3) is 0.310. The lowest BCUT2D eigenvalue weighted by Gasteiger charge is -2.29. The molecule has 0 spiro atoms. The maximum atomic E-state index is 13.2. The summed E-state index contributed by atoms with van der Waals surface area (Å²) in [5.74, 6) is 0.175. The molecule has 2 amide bonds.